The summed E-state index contributed by atoms with van der Waals surface area (Å²) in [6.45, 7) is 2.70. The molecule has 0 spiro atoms. The van der Waals surface area contributed by atoms with Crippen molar-refractivity contribution >= 4 is 0 Å². The van der Waals surface area contributed by atoms with E-state index in [0.29, 0.717) is 11.4 Å². The van der Waals surface area contributed by atoms with Crippen molar-refractivity contribution < 1.29 is 13.2 Å². The zero-order valence-corrected chi connectivity index (χ0v) is 10.7. The summed E-state index contributed by atoms with van der Waals surface area (Å²) in [5.41, 5.74) is 5.75. The van der Waals surface area contributed by atoms with E-state index < -0.39 is 11.7 Å². The minimum absolute atomic E-state index is 0.0660. The topological polar surface area (TPSA) is 38.0 Å². The van der Waals surface area contributed by atoms with Crippen LogP contribution in [0.15, 0.2) is 36.2 Å². The number of hydrogen-bond acceptors (Lipinski definition) is 2. The third-order valence-electron chi connectivity index (χ3n) is 3.42. The molecule has 19 heavy (non-hydrogen) atoms. The van der Waals surface area contributed by atoms with Crippen LogP contribution >= 0.6 is 0 Å². The minimum Gasteiger partial charge on any atom is -0.386 e. The van der Waals surface area contributed by atoms with Gasteiger partial charge in [-0.25, -0.2) is 0 Å². The van der Waals surface area contributed by atoms with E-state index in [2.05, 4.69) is 5.32 Å². The van der Waals surface area contributed by atoms with Crippen molar-refractivity contribution in [3.05, 3.63) is 47.3 Å². The number of hydrogen-bond donors (Lipinski definition) is 2. The number of rotatable bonds is 3. The molecule has 0 saturated carbocycles. The standard InChI is InChI=1S/C14H17F3N2/c1-9(5-10-6-13(18)19-8-10)11-3-2-4-12(7-11)14(15,16)17/h2-4,6-7,9-10,19H,5,8,18H2,1H3/t9?,10-/m0/s1. The molecular weight excluding hydrogens is 253 g/mol. The highest BCUT2D eigenvalue weighted by atomic mass is 19.4. The molecule has 0 radical (unpaired) electrons. The van der Waals surface area contributed by atoms with Crippen LogP contribution in [-0.2, 0) is 6.18 Å². The molecule has 1 aromatic rings. The lowest BCUT2D eigenvalue weighted by molar-refractivity contribution is -0.137. The second-order valence-corrected chi connectivity index (χ2v) is 5.02. The maximum Gasteiger partial charge on any atom is 0.416 e. The Bertz CT molecular complexity index is 480. The predicted molar refractivity (Wildman–Crippen MR) is 68.2 cm³/mol. The van der Waals surface area contributed by atoms with Crippen molar-refractivity contribution in [3.8, 4) is 0 Å². The van der Waals surface area contributed by atoms with E-state index in [0.717, 1.165) is 19.0 Å². The largest absolute Gasteiger partial charge is 0.416 e. The van der Waals surface area contributed by atoms with Crippen molar-refractivity contribution in [2.75, 3.05) is 6.54 Å². The van der Waals surface area contributed by atoms with Gasteiger partial charge in [0.2, 0.25) is 0 Å². The summed E-state index contributed by atoms with van der Waals surface area (Å²) in [6, 6.07) is 5.55. The molecule has 0 aromatic heterocycles. The molecule has 1 unspecified atom stereocenters. The average molecular weight is 270 g/mol. The lowest BCUT2D eigenvalue weighted by atomic mass is 9.90. The average Bonchev–Trinajstić information content (AvgIpc) is 2.74. The Morgan fingerprint density at radius 2 is 2.16 bits per heavy atom. The van der Waals surface area contributed by atoms with Gasteiger partial charge in [0, 0.05) is 6.54 Å². The van der Waals surface area contributed by atoms with E-state index in [1.165, 1.54) is 12.1 Å². The molecule has 1 heterocycles. The first-order valence-corrected chi connectivity index (χ1v) is 6.24. The van der Waals surface area contributed by atoms with E-state index in [1.807, 2.05) is 13.0 Å². The van der Waals surface area contributed by atoms with Crippen molar-refractivity contribution in [2.45, 2.75) is 25.4 Å². The molecular formula is C14H17F3N2. The van der Waals surface area contributed by atoms with Crippen molar-refractivity contribution in [1.29, 1.82) is 0 Å². The maximum atomic E-state index is 12.7. The molecule has 1 aromatic carbocycles. The number of alkyl halides is 3. The summed E-state index contributed by atoms with van der Waals surface area (Å²) in [4.78, 5) is 0. The smallest absolute Gasteiger partial charge is 0.386 e. The monoisotopic (exact) mass is 270 g/mol. The fourth-order valence-corrected chi connectivity index (χ4v) is 2.38. The number of benzene rings is 1. The minimum atomic E-state index is -4.28. The molecule has 1 aliphatic rings. The van der Waals surface area contributed by atoms with Gasteiger partial charge in [0.15, 0.2) is 0 Å². The first kappa shape index (κ1) is 13.8. The second-order valence-electron chi connectivity index (χ2n) is 5.02. The van der Waals surface area contributed by atoms with Crippen LogP contribution in [0.4, 0.5) is 13.2 Å². The van der Waals surface area contributed by atoms with Crippen LogP contribution < -0.4 is 11.1 Å². The Morgan fingerprint density at radius 1 is 1.42 bits per heavy atom. The summed E-state index contributed by atoms with van der Waals surface area (Å²) >= 11 is 0. The molecule has 0 aliphatic carbocycles. The van der Waals surface area contributed by atoms with Crippen LogP contribution in [0.3, 0.4) is 0 Å². The van der Waals surface area contributed by atoms with Crippen molar-refractivity contribution in [1.82, 2.24) is 5.32 Å². The van der Waals surface area contributed by atoms with E-state index in [9.17, 15) is 13.2 Å². The van der Waals surface area contributed by atoms with Gasteiger partial charge in [0.25, 0.3) is 0 Å². The first-order chi connectivity index (χ1) is 8.86. The van der Waals surface area contributed by atoms with Crippen LogP contribution in [0.2, 0.25) is 0 Å². The summed E-state index contributed by atoms with van der Waals surface area (Å²) in [5, 5.41) is 3.02. The van der Waals surface area contributed by atoms with Gasteiger partial charge in [0.1, 0.15) is 0 Å². The zero-order chi connectivity index (χ0) is 14.0. The van der Waals surface area contributed by atoms with Gasteiger partial charge in [-0.15, -0.1) is 0 Å². The third kappa shape index (κ3) is 3.43. The van der Waals surface area contributed by atoms with Crippen LogP contribution in [0.1, 0.15) is 30.4 Å². The van der Waals surface area contributed by atoms with E-state index in [4.69, 9.17) is 5.73 Å². The van der Waals surface area contributed by atoms with Gasteiger partial charge in [-0.3, -0.25) is 0 Å². The number of nitrogens with two attached hydrogens (primary N) is 1. The summed E-state index contributed by atoms with van der Waals surface area (Å²) in [7, 11) is 0. The van der Waals surface area contributed by atoms with Crippen LogP contribution in [0.25, 0.3) is 0 Å². The molecule has 104 valence electrons. The van der Waals surface area contributed by atoms with Crippen LogP contribution in [0, 0.1) is 5.92 Å². The molecule has 2 nitrogen and oxygen atoms in total. The SMILES string of the molecule is CC(C[C@H]1C=C(N)NC1)c1cccc(C(F)(F)F)c1. The van der Waals surface area contributed by atoms with E-state index in [-0.39, 0.29) is 11.8 Å². The molecule has 0 saturated heterocycles. The van der Waals surface area contributed by atoms with Gasteiger partial charge in [-0.05, 0) is 36.0 Å². The molecule has 2 atom stereocenters. The van der Waals surface area contributed by atoms with E-state index >= 15 is 0 Å². The Morgan fingerprint density at radius 3 is 2.74 bits per heavy atom. The Kier molecular flexibility index (Phi) is 3.73. The van der Waals surface area contributed by atoms with Crippen molar-refractivity contribution in [2.24, 2.45) is 11.7 Å². The predicted octanol–water partition coefficient (Wildman–Crippen LogP) is 3.22. The second kappa shape index (κ2) is 5.15. The number of nitrogens with one attached hydrogen (secondary N) is 1. The zero-order valence-electron chi connectivity index (χ0n) is 10.7. The summed E-state index contributed by atoms with van der Waals surface area (Å²) < 4.78 is 38.0. The van der Waals surface area contributed by atoms with Gasteiger partial charge in [-0.2, -0.15) is 13.2 Å². The molecule has 0 fully saturated rings. The molecule has 0 amide bonds. The summed E-state index contributed by atoms with van der Waals surface area (Å²) in [6.07, 6.45) is -1.56. The van der Waals surface area contributed by atoms with Crippen molar-refractivity contribution in [3.63, 3.8) is 0 Å². The lowest BCUT2D eigenvalue weighted by Crippen LogP contribution is -2.17. The fraction of sp³-hybridized carbons (Fsp3) is 0.429. The highest BCUT2D eigenvalue weighted by Crippen LogP contribution is 2.32. The molecule has 5 heteroatoms. The van der Waals surface area contributed by atoms with E-state index in [1.54, 1.807) is 6.07 Å². The van der Waals surface area contributed by atoms with Gasteiger partial charge < -0.3 is 11.1 Å². The molecule has 0 bridgehead atoms. The molecule has 1 aliphatic heterocycles. The molecule has 3 N–H and O–H groups in total. The maximum absolute atomic E-state index is 12.7. The first-order valence-electron chi connectivity index (χ1n) is 6.24. The normalized spacial score (nSPS) is 20.8. The fourth-order valence-electron chi connectivity index (χ4n) is 2.38. The Balaban J connectivity index is 2.09. The number of halogens is 3. The molecule has 2 rings (SSSR count). The van der Waals surface area contributed by atoms with Gasteiger partial charge >= 0.3 is 6.18 Å². The quantitative estimate of drug-likeness (QED) is 0.885. The highest BCUT2D eigenvalue weighted by molar-refractivity contribution is 5.28. The Labute approximate surface area is 110 Å². The third-order valence-corrected chi connectivity index (χ3v) is 3.42. The lowest BCUT2D eigenvalue weighted by Gasteiger charge is -2.17. The van der Waals surface area contributed by atoms with Gasteiger partial charge in [-0.1, -0.05) is 25.1 Å². The van der Waals surface area contributed by atoms with Gasteiger partial charge in [0.05, 0.1) is 11.4 Å². The summed E-state index contributed by atoms with van der Waals surface area (Å²) in [5.74, 6) is 1.00. The van der Waals surface area contributed by atoms with Crippen LogP contribution in [-0.4, -0.2) is 6.54 Å². The van der Waals surface area contributed by atoms with Crippen LogP contribution in [0.5, 0.6) is 0 Å². The Hall–Kier alpha value is -1.65. The highest BCUT2D eigenvalue weighted by Gasteiger charge is 2.30.